The SMILES string of the molecule is CSCCc1c(-c2cccc(C)c2)c(-c2ccccc2)nn1C[C@H]1CC[C@H](COCC(=O)O)CC1. The van der Waals surface area contributed by atoms with E-state index in [-0.39, 0.29) is 6.61 Å². The molecule has 1 aromatic heterocycles. The summed E-state index contributed by atoms with van der Waals surface area (Å²) in [5, 5.41) is 14.0. The fraction of sp³-hybridized carbons (Fsp3) is 0.448. The third kappa shape index (κ3) is 6.77. The van der Waals surface area contributed by atoms with Gasteiger partial charge in [0.15, 0.2) is 0 Å². The Balaban J connectivity index is 1.60. The molecule has 2 aromatic carbocycles. The van der Waals surface area contributed by atoms with Crippen molar-refractivity contribution >= 4 is 17.7 Å². The van der Waals surface area contributed by atoms with Crippen LogP contribution in [0.2, 0.25) is 0 Å². The van der Waals surface area contributed by atoms with Crippen LogP contribution in [0.15, 0.2) is 54.6 Å². The molecule has 1 N–H and O–H groups in total. The van der Waals surface area contributed by atoms with Gasteiger partial charge in [0, 0.05) is 23.4 Å². The van der Waals surface area contributed by atoms with Crippen LogP contribution in [0.1, 0.15) is 36.9 Å². The zero-order chi connectivity index (χ0) is 24.6. The maximum Gasteiger partial charge on any atom is 0.329 e. The van der Waals surface area contributed by atoms with E-state index in [1.54, 1.807) is 0 Å². The van der Waals surface area contributed by atoms with Crippen molar-refractivity contribution in [2.24, 2.45) is 11.8 Å². The molecule has 0 aliphatic heterocycles. The van der Waals surface area contributed by atoms with Crippen molar-refractivity contribution in [3.05, 3.63) is 65.9 Å². The van der Waals surface area contributed by atoms with Crippen molar-refractivity contribution in [3.8, 4) is 22.4 Å². The van der Waals surface area contributed by atoms with Gasteiger partial charge in [-0.1, -0.05) is 60.2 Å². The standard InChI is InChI=1S/C29H36N2O3S/c1-21-7-6-10-25(17-21)28-26(15-16-35-2)31(30-29(28)24-8-4-3-5-9-24)18-22-11-13-23(14-12-22)19-34-20-27(32)33/h3-10,17,22-23H,11-16,18-20H2,1-2H3,(H,32,33)/t22-,23-. The minimum absolute atomic E-state index is 0.198. The number of aromatic nitrogens is 2. The van der Waals surface area contributed by atoms with Gasteiger partial charge in [-0.05, 0) is 68.4 Å². The molecule has 0 saturated heterocycles. The van der Waals surface area contributed by atoms with Crippen LogP contribution in [0.3, 0.4) is 0 Å². The second kappa shape index (κ2) is 12.4. The van der Waals surface area contributed by atoms with Gasteiger partial charge in [0.2, 0.25) is 0 Å². The van der Waals surface area contributed by atoms with Gasteiger partial charge in [-0.3, -0.25) is 4.68 Å². The zero-order valence-electron chi connectivity index (χ0n) is 20.8. The summed E-state index contributed by atoms with van der Waals surface area (Å²) in [5.41, 5.74) is 7.33. The number of carboxylic acid groups (broad SMARTS) is 1. The molecule has 35 heavy (non-hydrogen) atoms. The van der Waals surface area contributed by atoms with Crippen LogP contribution in [-0.4, -0.2) is 46.1 Å². The fourth-order valence-electron chi connectivity index (χ4n) is 5.14. The maximum atomic E-state index is 10.7. The van der Waals surface area contributed by atoms with Crippen molar-refractivity contribution in [1.82, 2.24) is 9.78 Å². The minimum atomic E-state index is -0.895. The molecule has 6 heteroatoms. The normalized spacial score (nSPS) is 18.0. The Labute approximate surface area is 212 Å². The van der Waals surface area contributed by atoms with Gasteiger partial charge >= 0.3 is 5.97 Å². The van der Waals surface area contributed by atoms with Gasteiger partial charge in [0.05, 0.1) is 6.61 Å². The first kappa shape index (κ1) is 25.5. The number of aryl methyl sites for hydroxylation is 1. The Hall–Kier alpha value is -2.57. The molecule has 0 spiro atoms. The fourth-order valence-corrected chi connectivity index (χ4v) is 5.54. The Morgan fingerprint density at radius 3 is 2.46 bits per heavy atom. The van der Waals surface area contributed by atoms with Crippen LogP contribution in [0, 0.1) is 18.8 Å². The van der Waals surface area contributed by atoms with E-state index in [1.807, 2.05) is 11.8 Å². The number of hydrogen-bond donors (Lipinski definition) is 1. The van der Waals surface area contributed by atoms with Crippen LogP contribution in [0.4, 0.5) is 0 Å². The molecular weight excluding hydrogens is 456 g/mol. The molecule has 0 bridgehead atoms. The molecule has 1 heterocycles. The highest BCUT2D eigenvalue weighted by Gasteiger charge is 2.26. The lowest BCUT2D eigenvalue weighted by Gasteiger charge is -2.28. The number of aliphatic carboxylic acids is 1. The number of ether oxygens (including phenoxy) is 1. The predicted octanol–water partition coefficient (Wildman–Crippen LogP) is 6.34. The first-order chi connectivity index (χ1) is 17.0. The van der Waals surface area contributed by atoms with Gasteiger partial charge < -0.3 is 9.84 Å². The van der Waals surface area contributed by atoms with Crippen LogP contribution in [0.5, 0.6) is 0 Å². The Kier molecular flexibility index (Phi) is 9.05. The van der Waals surface area contributed by atoms with Gasteiger partial charge in [-0.25, -0.2) is 4.79 Å². The summed E-state index contributed by atoms with van der Waals surface area (Å²) >= 11 is 1.88. The van der Waals surface area contributed by atoms with Crippen LogP contribution >= 0.6 is 11.8 Å². The number of thioether (sulfide) groups is 1. The van der Waals surface area contributed by atoms with Crippen LogP contribution in [0.25, 0.3) is 22.4 Å². The van der Waals surface area contributed by atoms with Crippen molar-refractivity contribution in [2.45, 2.75) is 45.6 Å². The van der Waals surface area contributed by atoms with E-state index in [1.165, 1.54) is 22.4 Å². The summed E-state index contributed by atoms with van der Waals surface area (Å²) in [4.78, 5) is 10.7. The highest BCUT2D eigenvalue weighted by molar-refractivity contribution is 7.98. The number of rotatable bonds is 11. The molecule has 0 unspecified atom stereocenters. The Morgan fingerprint density at radius 2 is 1.77 bits per heavy atom. The molecule has 1 fully saturated rings. The number of benzene rings is 2. The first-order valence-corrected chi connectivity index (χ1v) is 13.9. The molecule has 3 aromatic rings. The van der Waals surface area contributed by atoms with E-state index >= 15 is 0 Å². The summed E-state index contributed by atoms with van der Waals surface area (Å²) in [7, 11) is 0. The molecule has 1 aliphatic rings. The molecule has 4 rings (SSSR count). The average molecular weight is 493 g/mol. The van der Waals surface area contributed by atoms with Gasteiger partial charge in [0.1, 0.15) is 12.3 Å². The van der Waals surface area contributed by atoms with Gasteiger partial charge in [0.25, 0.3) is 0 Å². The van der Waals surface area contributed by atoms with E-state index in [2.05, 4.69) is 72.5 Å². The number of carbonyl (C=O) groups is 1. The lowest BCUT2D eigenvalue weighted by molar-refractivity contribution is -0.142. The predicted molar refractivity (Wildman–Crippen MR) is 144 cm³/mol. The van der Waals surface area contributed by atoms with E-state index in [4.69, 9.17) is 14.9 Å². The van der Waals surface area contributed by atoms with E-state index < -0.39 is 5.97 Å². The molecule has 1 saturated carbocycles. The molecule has 0 atom stereocenters. The van der Waals surface area contributed by atoms with E-state index in [0.717, 1.165) is 55.7 Å². The summed E-state index contributed by atoms with van der Waals surface area (Å²) in [5.74, 6) is 1.20. The summed E-state index contributed by atoms with van der Waals surface area (Å²) in [6.45, 7) is 3.43. The lowest BCUT2D eigenvalue weighted by Crippen LogP contribution is -2.24. The topological polar surface area (TPSA) is 64.4 Å². The monoisotopic (exact) mass is 492 g/mol. The number of nitrogens with zero attached hydrogens (tertiary/aromatic N) is 2. The third-order valence-corrected chi connectivity index (χ3v) is 7.54. The summed E-state index contributed by atoms with van der Waals surface area (Å²) in [6.07, 6.45) is 7.58. The Morgan fingerprint density at radius 1 is 1.06 bits per heavy atom. The molecule has 0 radical (unpaired) electrons. The van der Waals surface area contributed by atoms with E-state index in [9.17, 15) is 4.79 Å². The largest absolute Gasteiger partial charge is 0.480 e. The van der Waals surface area contributed by atoms with Crippen molar-refractivity contribution < 1.29 is 14.6 Å². The number of hydrogen-bond acceptors (Lipinski definition) is 4. The summed E-state index contributed by atoms with van der Waals surface area (Å²) < 4.78 is 7.65. The Bertz CT molecular complexity index is 1100. The first-order valence-electron chi connectivity index (χ1n) is 12.6. The van der Waals surface area contributed by atoms with Crippen molar-refractivity contribution in [2.75, 3.05) is 25.2 Å². The minimum Gasteiger partial charge on any atom is -0.480 e. The zero-order valence-corrected chi connectivity index (χ0v) is 21.6. The molecule has 186 valence electrons. The highest BCUT2D eigenvalue weighted by Crippen LogP contribution is 2.37. The third-order valence-electron chi connectivity index (χ3n) is 6.93. The van der Waals surface area contributed by atoms with Crippen molar-refractivity contribution in [1.29, 1.82) is 0 Å². The number of carboxylic acids is 1. The quantitative estimate of drug-likeness (QED) is 0.338. The van der Waals surface area contributed by atoms with Crippen molar-refractivity contribution in [3.63, 3.8) is 0 Å². The van der Waals surface area contributed by atoms with Gasteiger partial charge in [-0.15, -0.1) is 0 Å². The van der Waals surface area contributed by atoms with Crippen LogP contribution in [-0.2, 0) is 22.5 Å². The highest BCUT2D eigenvalue weighted by atomic mass is 32.2. The lowest BCUT2D eigenvalue weighted by atomic mass is 9.82. The maximum absolute atomic E-state index is 10.7. The average Bonchev–Trinajstić information content (AvgIpc) is 3.22. The molecule has 5 nitrogen and oxygen atoms in total. The molecule has 1 aliphatic carbocycles. The second-order valence-corrected chi connectivity index (χ2v) is 10.6. The molecule has 0 amide bonds. The smallest absolute Gasteiger partial charge is 0.329 e. The summed E-state index contributed by atoms with van der Waals surface area (Å²) in [6, 6.07) is 19.3. The van der Waals surface area contributed by atoms with E-state index in [0.29, 0.717) is 18.4 Å². The molecular formula is C29H36N2O3S. The second-order valence-electron chi connectivity index (χ2n) is 9.63. The van der Waals surface area contributed by atoms with Gasteiger partial charge in [-0.2, -0.15) is 16.9 Å². The van der Waals surface area contributed by atoms with Crippen LogP contribution < -0.4 is 0 Å².